The lowest BCUT2D eigenvalue weighted by Gasteiger charge is -2.23. The molecule has 0 aromatic carbocycles. The van der Waals surface area contributed by atoms with Crippen molar-refractivity contribution in [2.24, 2.45) is 5.92 Å². The molecule has 0 radical (unpaired) electrons. The number of nitriles is 1. The van der Waals surface area contributed by atoms with E-state index >= 15 is 0 Å². The van der Waals surface area contributed by atoms with Gasteiger partial charge in [-0.05, 0) is 31.8 Å². The number of anilines is 3. The van der Waals surface area contributed by atoms with Gasteiger partial charge in [0.15, 0.2) is 11.5 Å². The number of nitrogens with zero attached hydrogens (tertiary/aromatic N) is 5. The van der Waals surface area contributed by atoms with E-state index in [0.717, 1.165) is 25.3 Å². The maximum atomic E-state index is 8.71. The third-order valence-electron chi connectivity index (χ3n) is 3.73. The summed E-state index contributed by atoms with van der Waals surface area (Å²) in [5, 5.41) is 26.5. The van der Waals surface area contributed by atoms with E-state index in [1.807, 2.05) is 12.1 Å². The van der Waals surface area contributed by atoms with Crippen LogP contribution in [0.5, 0.6) is 0 Å². The summed E-state index contributed by atoms with van der Waals surface area (Å²) in [5.41, 5.74) is 1.20. The molecule has 23 heavy (non-hydrogen) atoms. The van der Waals surface area contributed by atoms with Gasteiger partial charge in [0, 0.05) is 12.6 Å². The minimum absolute atomic E-state index is 0.277. The highest BCUT2D eigenvalue weighted by Gasteiger charge is 2.12. The molecule has 3 N–H and O–H groups in total. The standard InChI is InChI=1S/C15H18N8/c16-6-13-8-20-15(10-19-13)22-14-5-12(9-21-23-14)18-7-11-1-3-17-4-2-11/h5,8-11,17H,1-4,7H2,(H2,18,20,22,23). The molecule has 3 heterocycles. The van der Waals surface area contributed by atoms with Crippen LogP contribution >= 0.6 is 0 Å². The Morgan fingerprint density at radius 3 is 2.78 bits per heavy atom. The zero-order valence-electron chi connectivity index (χ0n) is 12.7. The quantitative estimate of drug-likeness (QED) is 0.757. The lowest BCUT2D eigenvalue weighted by molar-refractivity contribution is 0.390. The van der Waals surface area contributed by atoms with Gasteiger partial charge in [0.1, 0.15) is 11.9 Å². The highest BCUT2D eigenvalue weighted by atomic mass is 15.2. The normalized spacial score (nSPS) is 14.9. The molecule has 8 heteroatoms. The van der Waals surface area contributed by atoms with Crippen LogP contribution in [0.1, 0.15) is 18.5 Å². The molecule has 8 nitrogen and oxygen atoms in total. The van der Waals surface area contributed by atoms with Crippen molar-refractivity contribution >= 4 is 17.3 Å². The van der Waals surface area contributed by atoms with Gasteiger partial charge in [-0.25, -0.2) is 9.97 Å². The van der Waals surface area contributed by atoms with Crippen LogP contribution in [-0.4, -0.2) is 39.8 Å². The summed E-state index contributed by atoms with van der Waals surface area (Å²) in [6.07, 6.45) is 7.00. The molecule has 0 amide bonds. The van der Waals surface area contributed by atoms with Crippen LogP contribution in [-0.2, 0) is 0 Å². The summed E-state index contributed by atoms with van der Waals surface area (Å²) in [6.45, 7) is 3.11. The maximum Gasteiger partial charge on any atom is 0.158 e. The molecule has 0 unspecified atom stereocenters. The number of hydrogen-bond donors (Lipinski definition) is 3. The van der Waals surface area contributed by atoms with E-state index in [4.69, 9.17) is 5.26 Å². The monoisotopic (exact) mass is 310 g/mol. The van der Waals surface area contributed by atoms with Crippen molar-refractivity contribution in [1.29, 1.82) is 5.26 Å². The molecule has 0 bridgehead atoms. The average molecular weight is 310 g/mol. The molecule has 0 atom stereocenters. The van der Waals surface area contributed by atoms with E-state index in [9.17, 15) is 0 Å². The van der Waals surface area contributed by atoms with Gasteiger partial charge in [-0.2, -0.15) is 10.4 Å². The van der Waals surface area contributed by atoms with E-state index in [2.05, 4.69) is 36.1 Å². The number of rotatable bonds is 5. The second-order valence-electron chi connectivity index (χ2n) is 5.43. The van der Waals surface area contributed by atoms with Crippen LogP contribution in [0.15, 0.2) is 24.7 Å². The third-order valence-corrected chi connectivity index (χ3v) is 3.73. The summed E-state index contributed by atoms with van der Waals surface area (Å²) >= 11 is 0. The van der Waals surface area contributed by atoms with Gasteiger partial charge in [-0.15, -0.1) is 5.10 Å². The minimum atomic E-state index is 0.277. The van der Waals surface area contributed by atoms with Gasteiger partial charge in [-0.1, -0.05) is 0 Å². The Morgan fingerprint density at radius 1 is 1.17 bits per heavy atom. The minimum Gasteiger partial charge on any atom is -0.383 e. The highest BCUT2D eigenvalue weighted by Crippen LogP contribution is 2.17. The first-order valence-corrected chi connectivity index (χ1v) is 7.60. The Kier molecular flexibility index (Phi) is 4.91. The van der Waals surface area contributed by atoms with E-state index in [1.165, 1.54) is 25.2 Å². The van der Waals surface area contributed by atoms with Crippen molar-refractivity contribution in [2.45, 2.75) is 12.8 Å². The van der Waals surface area contributed by atoms with Crippen LogP contribution in [0.25, 0.3) is 0 Å². The van der Waals surface area contributed by atoms with Crippen LogP contribution in [0.2, 0.25) is 0 Å². The van der Waals surface area contributed by atoms with Crippen molar-refractivity contribution in [3.8, 4) is 6.07 Å². The fourth-order valence-electron chi connectivity index (χ4n) is 2.45. The molecule has 118 valence electrons. The van der Waals surface area contributed by atoms with E-state index < -0.39 is 0 Å². The van der Waals surface area contributed by atoms with E-state index in [1.54, 1.807) is 6.20 Å². The van der Waals surface area contributed by atoms with Gasteiger partial charge in [0.2, 0.25) is 0 Å². The molecule has 1 aliphatic rings. The molecule has 0 spiro atoms. The van der Waals surface area contributed by atoms with Gasteiger partial charge >= 0.3 is 0 Å². The molecule has 2 aromatic rings. The Balaban J connectivity index is 1.59. The molecular formula is C15H18N8. The summed E-state index contributed by atoms with van der Waals surface area (Å²) in [4.78, 5) is 8.06. The van der Waals surface area contributed by atoms with Crippen molar-refractivity contribution < 1.29 is 0 Å². The van der Waals surface area contributed by atoms with Crippen LogP contribution in [0.3, 0.4) is 0 Å². The van der Waals surface area contributed by atoms with Crippen LogP contribution in [0.4, 0.5) is 17.3 Å². The first-order valence-electron chi connectivity index (χ1n) is 7.60. The summed E-state index contributed by atoms with van der Waals surface area (Å²) in [5.74, 6) is 1.79. The predicted molar refractivity (Wildman–Crippen MR) is 86.1 cm³/mol. The number of aromatic nitrogens is 4. The summed E-state index contributed by atoms with van der Waals surface area (Å²) in [6, 6.07) is 3.81. The van der Waals surface area contributed by atoms with Gasteiger partial charge in [-0.3, -0.25) is 0 Å². The van der Waals surface area contributed by atoms with Gasteiger partial charge in [0.05, 0.1) is 24.3 Å². The Morgan fingerprint density at radius 2 is 2.04 bits per heavy atom. The average Bonchev–Trinajstić information content (AvgIpc) is 2.62. The Hall–Kier alpha value is -2.79. The molecule has 1 saturated heterocycles. The highest BCUT2D eigenvalue weighted by molar-refractivity contribution is 5.56. The van der Waals surface area contributed by atoms with Crippen LogP contribution in [0, 0.1) is 17.2 Å². The van der Waals surface area contributed by atoms with Crippen molar-refractivity contribution in [3.05, 3.63) is 30.4 Å². The lowest BCUT2D eigenvalue weighted by Crippen LogP contribution is -2.31. The lowest BCUT2D eigenvalue weighted by atomic mass is 9.98. The molecule has 3 rings (SSSR count). The maximum absolute atomic E-state index is 8.71. The zero-order valence-corrected chi connectivity index (χ0v) is 12.7. The third kappa shape index (κ3) is 4.34. The van der Waals surface area contributed by atoms with Gasteiger partial charge in [0.25, 0.3) is 0 Å². The number of hydrogen-bond acceptors (Lipinski definition) is 8. The topological polar surface area (TPSA) is 111 Å². The Labute approximate surface area is 134 Å². The molecule has 1 fully saturated rings. The van der Waals surface area contributed by atoms with E-state index in [-0.39, 0.29) is 5.69 Å². The number of piperidine rings is 1. The summed E-state index contributed by atoms with van der Waals surface area (Å²) < 4.78 is 0. The molecular weight excluding hydrogens is 292 g/mol. The zero-order chi connectivity index (χ0) is 15.9. The summed E-state index contributed by atoms with van der Waals surface area (Å²) in [7, 11) is 0. The molecule has 1 aliphatic heterocycles. The number of nitrogens with one attached hydrogen (secondary N) is 3. The van der Waals surface area contributed by atoms with E-state index in [0.29, 0.717) is 17.6 Å². The first-order chi connectivity index (χ1) is 11.3. The van der Waals surface area contributed by atoms with Crippen molar-refractivity contribution in [3.63, 3.8) is 0 Å². The first kappa shape index (κ1) is 15.1. The second-order valence-corrected chi connectivity index (χ2v) is 5.43. The molecule has 0 saturated carbocycles. The fraction of sp³-hybridized carbons (Fsp3) is 0.400. The SMILES string of the molecule is N#Cc1cnc(Nc2cc(NCC3CCNCC3)cnn2)cn1. The van der Waals surface area contributed by atoms with Crippen LogP contribution < -0.4 is 16.0 Å². The van der Waals surface area contributed by atoms with Gasteiger partial charge < -0.3 is 16.0 Å². The smallest absolute Gasteiger partial charge is 0.158 e. The van der Waals surface area contributed by atoms with Crippen molar-refractivity contribution in [1.82, 2.24) is 25.5 Å². The molecule has 0 aliphatic carbocycles. The second kappa shape index (κ2) is 7.47. The fourth-order valence-corrected chi connectivity index (χ4v) is 2.45. The predicted octanol–water partition coefficient (Wildman–Crippen LogP) is 1.29. The largest absolute Gasteiger partial charge is 0.383 e. The van der Waals surface area contributed by atoms with Crippen molar-refractivity contribution in [2.75, 3.05) is 30.3 Å². The molecule has 2 aromatic heterocycles. The Bertz CT molecular complexity index is 673.